The second-order valence-corrected chi connectivity index (χ2v) is 6.34. The first-order valence-corrected chi connectivity index (χ1v) is 8.72. The van der Waals surface area contributed by atoms with Crippen molar-refractivity contribution in [2.24, 2.45) is 0 Å². The summed E-state index contributed by atoms with van der Waals surface area (Å²) in [6, 6.07) is 6.02. The van der Waals surface area contributed by atoms with E-state index in [2.05, 4.69) is 10.6 Å². The Morgan fingerprint density at radius 3 is 2.54 bits per heavy atom. The van der Waals surface area contributed by atoms with Crippen LogP contribution in [-0.4, -0.2) is 49.9 Å². The van der Waals surface area contributed by atoms with E-state index in [1.807, 2.05) is 0 Å². The molecule has 1 saturated heterocycles. The van der Waals surface area contributed by atoms with Crippen molar-refractivity contribution in [2.75, 3.05) is 19.8 Å². The van der Waals surface area contributed by atoms with Crippen LogP contribution in [0.2, 0.25) is 0 Å². The number of amides is 3. The van der Waals surface area contributed by atoms with E-state index in [1.165, 1.54) is 0 Å². The molecule has 0 aromatic heterocycles. The monoisotopic (exact) mass is 362 g/mol. The Balaban J connectivity index is 1.37. The number of imide groups is 1. The van der Waals surface area contributed by atoms with Gasteiger partial charge in [0.05, 0.1) is 11.7 Å². The molecule has 1 heterocycles. The van der Waals surface area contributed by atoms with Crippen LogP contribution >= 0.6 is 0 Å². The maximum Gasteiger partial charge on any atom is 0.338 e. The number of carbonyl (C=O) groups is 3. The highest BCUT2D eigenvalue weighted by Gasteiger charge is 2.24. The summed E-state index contributed by atoms with van der Waals surface area (Å²) in [7, 11) is 0. The minimum atomic E-state index is -0.673. The zero-order chi connectivity index (χ0) is 18.4. The van der Waals surface area contributed by atoms with Crippen molar-refractivity contribution in [3.05, 3.63) is 29.8 Å². The Bertz CT molecular complexity index is 650. The predicted molar refractivity (Wildman–Crippen MR) is 90.9 cm³/mol. The van der Waals surface area contributed by atoms with Gasteiger partial charge in [-0.2, -0.15) is 0 Å². The number of ether oxygens (including phenoxy) is 3. The summed E-state index contributed by atoms with van der Waals surface area (Å²) in [6.07, 6.45) is 4.00. The molecule has 1 saturated carbocycles. The van der Waals surface area contributed by atoms with Crippen LogP contribution in [0.3, 0.4) is 0 Å². The van der Waals surface area contributed by atoms with E-state index in [0.29, 0.717) is 17.9 Å². The van der Waals surface area contributed by atoms with Crippen LogP contribution in [0.25, 0.3) is 0 Å². The lowest BCUT2D eigenvalue weighted by Gasteiger charge is -2.11. The largest absolute Gasteiger partial charge is 0.491 e. The summed E-state index contributed by atoms with van der Waals surface area (Å²) in [5.41, 5.74) is 0.296. The number of benzene rings is 1. The van der Waals surface area contributed by atoms with Gasteiger partial charge in [0, 0.05) is 12.6 Å². The molecule has 2 N–H and O–H groups in total. The fourth-order valence-electron chi connectivity index (χ4n) is 2.48. The average Bonchev–Trinajstić information content (AvgIpc) is 3.28. The minimum absolute atomic E-state index is 0.121. The van der Waals surface area contributed by atoms with Crippen molar-refractivity contribution in [3.8, 4) is 5.75 Å². The van der Waals surface area contributed by atoms with E-state index in [0.717, 1.165) is 32.3 Å². The molecule has 1 atom stereocenters. The van der Waals surface area contributed by atoms with Crippen molar-refractivity contribution in [1.29, 1.82) is 0 Å². The number of hydrogen-bond acceptors (Lipinski definition) is 6. The molecular formula is C18H22N2O6. The van der Waals surface area contributed by atoms with Gasteiger partial charge in [-0.15, -0.1) is 0 Å². The van der Waals surface area contributed by atoms with Crippen molar-refractivity contribution in [2.45, 2.75) is 37.8 Å². The highest BCUT2D eigenvalue weighted by atomic mass is 16.5. The lowest BCUT2D eigenvalue weighted by atomic mass is 10.2. The number of urea groups is 1. The van der Waals surface area contributed by atoms with E-state index in [1.54, 1.807) is 24.3 Å². The van der Waals surface area contributed by atoms with Crippen LogP contribution < -0.4 is 15.4 Å². The van der Waals surface area contributed by atoms with E-state index in [-0.39, 0.29) is 12.1 Å². The second kappa shape index (κ2) is 8.66. The van der Waals surface area contributed by atoms with Crippen molar-refractivity contribution >= 4 is 17.9 Å². The van der Waals surface area contributed by atoms with Gasteiger partial charge >= 0.3 is 12.0 Å². The first-order valence-electron chi connectivity index (χ1n) is 8.72. The summed E-state index contributed by atoms with van der Waals surface area (Å²) < 4.78 is 16.0. The molecule has 1 aliphatic heterocycles. The van der Waals surface area contributed by atoms with Crippen LogP contribution in [0.4, 0.5) is 4.79 Å². The van der Waals surface area contributed by atoms with Crippen LogP contribution in [0.5, 0.6) is 5.75 Å². The molecule has 1 aromatic carbocycles. The van der Waals surface area contributed by atoms with Gasteiger partial charge in [-0.25, -0.2) is 9.59 Å². The molecule has 140 valence electrons. The third-order valence-corrected chi connectivity index (χ3v) is 4.05. The van der Waals surface area contributed by atoms with Crippen molar-refractivity contribution in [3.63, 3.8) is 0 Å². The van der Waals surface area contributed by atoms with E-state index < -0.39 is 24.5 Å². The summed E-state index contributed by atoms with van der Waals surface area (Å²) in [5.74, 6) is -0.687. The maximum absolute atomic E-state index is 11.9. The standard InChI is InChI=1S/C18H22N2O6/c21-16(20-18(23)19-13-5-6-13)11-26-17(22)12-3-7-14(8-4-12)25-10-15-2-1-9-24-15/h3-4,7-8,13,15H,1-2,5-6,9-11H2,(H2,19,20,21,23). The van der Waals surface area contributed by atoms with Gasteiger partial charge in [-0.3, -0.25) is 10.1 Å². The van der Waals surface area contributed by atoms with Gasteiger partial charge in [0.15, 0.2) is 6.61 Å². The van der Waals surface area contributed by atoms with Crippen molar-refractivity contribution in [1.82, 2.24) is 10.6 Å². The fraction of sp³-hybridized carbons (Fsp3) is 0.500. The summed E-state index contributed by atoms with van der Waals surface area (Å²) in [5, 5.41) is 4.72. The van der Waals surface area contributed by atoms with Gasteiger partial charge in [0.25, 0.3) is 5.91 Å². The van der Waals surface area contributed by atoms with Crippen molar-refractivity contribution < 1.29 is 28.6 Å². The summed E-state index contributed by atoms with van der Waals surface area (Å²) in [4.78, 5) is 34.9. The van der Waals surface area contributed by atoms with Crippen LogP contribution in [0.15, 0.2) is 24.3 Å². The van der Waals surface area contributed by atoms with E-state index in [9.17, 15) is 14.4 Å². The summed E-state index contributed by atoms with van der Waals surface area (Å²) in [6.45, 7) is 0.732. The molecule has 0 radical (unpaired) electrons. The minimum Gasteiger partial charge on any atom is -0.491 e. The highest BCUT2D eigenvalue weighted by molar-refractivity contribution is 5.97. The lowest BCUT2D eigenvalue weighted by Crippen LogP contribution is -2.42. The van der Waals surface area contributed by atoms with Gasteiger partial charge < -0.3 is 19.5 Å². The molecule has 1 aliphatic carbocycles. The molecule has 0 bridgehead atoms. The normalized spacial score (nSPS) is 18.8. The quantitative estimate of drug-likeness (QED) is 0.711. The topological polar surface area (TPSA) is 103 Å². The third kappa shape index (κ3) is 5.73. The Kier molecular flexibility index (Phi) is 6.06. The summed E-state index contributed by atoms with van der Waals surface area (Å²) >= 11 is 0. The zero-order valence-corrected chi connectivity index (χ0v) is 14.4. The number of hydrogen-bond donors (Lipinski definition) is 2. The molecule has 2 fully saturated rings. The van der Waals surface area contributed by atoms with Gasteiger partial charge in [-0.1, -0.05) is 0 Å². The molecule has 1 aromatic rings. The molecule has 0 spiro atoms. The highest BCUT2D eigenvalue weighted by Crippen LogP contribution is 2.18. The molecule has 8 nitrogen and oxygen atoms in total. The Labute approximate surface area is 151 Å². The number of esters is 1. The maximum atomic E-state index is 11.9. The number of rotatable bonds is 7. The second-order valence-electron chi connectivity index (χ2n) is 6.34. The lowest BCUT2D eigenvalue weighted by molar-refractivity contribution is -0.123. The molecular weight excluding hydrogens is 340 g/mol. The van der Waals surface area contributed by atoms with Crippen LogP contribution in [0, 0.1) is 0 Å². The van der Waals surface area contributed by atoms with Crippen LogP contribution in [0.1, 0.15) is 36.0 Å². The molecule has 2 aliphatic rings. The SMILES string of the molecule is O=C(COC(=O)c1ccc(OCC2CCCO2)cc1)NC(=O)NC1CC1. The molecule has 8 heteroatoms. The number of carbonyl (C=O) groups excluding carboxylic acids is 3. The first-order chi connectivity index (χ1) is 12.6. The smallest absolute Gasteiger partial charge is 0.338 e. The number of nitrogens with one attached hydrogen (secondary N) is 2. The Hall–Kier alpha value is -2.61. The van der Waals surface area contributed by atoms with Gasteiger partial charge in [0.1, 0.15) is 12.4 Å². The third-order valence-electron chi connectivity index (χ3n) is 4.05. The Morgan fingerprint density at radius 1 is 1.12 bits per heavy atom. The van der Waals surface area contributed by atoms with Gasteiger partial charge in [0.2, 0.25) is 0 Å². The van der Waals surface area contributed by atoms with E-state index in [4.69, 9.17) is 14.2 Å². The molecule has 1 unspecified atom stereocenters. The average molecular weight is 362 g/mol. The fourth-order valence-corrected chi connectivity index (χ4v) is 2.48. The molecule has 3 rings (SSSR count). The van der Waals surface area contributed by atoms with Gasteiger partial charge in [-0.05, 0) is 49.9 Å². The van der Waals surface area contributed by atoms with Crippen LogP contribution in [-0.2, 0) is 14.3 Å². The molecule has 26 heavy (non-hydrogen) atoms. The van der Waals surface area contributed by atoms with E-state index >= 15 is 0 Å². The first kappa shape index (κ1) is 18.2. The zero-order valence-electron chi connectivity index (χ0n) is 14.4. The Morgan fingerprint density at radius 2 is 1.88 bits per heavy atom. The molecule has 3 amide bonds. The predicted octanol–water partition coefficient (Wildman–Crippen LogP) is 1.39.